The SMILES string of the molecule is Cc1cc(OC2CN(C(=O)C3CC4C=CC3C4)C2)cc(=O)n1C1CC1. The highest BCUT2D eigenvalue weighted by atomic mass is 16.5. The van der Waals surface area contributed by atoms with Crippen LogP contribution in [0, 0.1) is 24.7 Å². The first kappa shape index (κ1) is 15.2. The number of amides is 1. The molecule has 5 nitrogen and oxygen atoms in total. The van der Waals surface area contributed by atoms with Crippen LogP contribution in [0.15, 0.2) is 29.1 Å². The van der Waals surface area contributed by atoms with Gasteiger partial charge in [0.15, 0.2) is 0 Å². The molecule has 4 aliphatic rings. The van der Waals surface area contributed by atoms with Crippen LogP contribution >= 0.6 is 0 Å². The molecule has 3 aliphatic carbocycles. The van der Waals surface area contributed by atoms with Gasteiger partial charge in [-0.05, 0) is 50.5 Å². The molecule has 5 heteroatoms. The van der Waals surface area contributed by atoms with Gasteiger partial charge in [0.1, 0.15) is 11.9 Å². The fourth-order valence-corrected chi connectivity index (χ4v) is 4.74. The average molecular weight is 340 g/mol. The van der Waals surface area contributed by atoms with Crippen LogP contribution in [0.3, 0.4) is 0 Å². The molecule has 0 radical (unpaired) electrons. The second-order valence-electron chi connectivity index (χ2n) is 8.14. The van der Waals surface area contributed by atoms with Crippen LogP contribution in [0.4, 0.5) is 0 Å². The molecule has 1 aromatic rings. The molecule has 1 amide bonds. The highest BCUT2D eigenvalue weighted by Gasteiger charge is 2.44. The number of carbonyl (C=O) groups excluding carboxylic acids is 1. The van der Waals surface area contributed by atoms with E-state index in [-0.39, 0.29) is 23.5 Å². The summed E-state index contributed by atoms with van der Waals surface area (Å²) in [5, 5.41) is 0. The number of carbonyl (C=O) groups is 1. The lowest BCUT2D eigenvalue weighted by Gasteiger charge is -2.41. The predicted octanol–water partition coefficient (Wildman–Crippen LogP) is 2.29. The number of pyridine rings is 1. The van der Waals surface area contributed by atoms with Gasteiger partial charge in [0.25, 0.3) is 5.56 Å². The van der Waals surface area contributed by atoms with Crippen molar-refractivity contribution in [3.8, 4) is 5.75 Å². The summed E-state index contributed by atoms with van der Waals surface area (Å²) in [4.78, 5) is 26.8. The van der Waals surface area contributed by atoms with Gasteiger partial charge in [-0.2, -0.15) is 0 Å². The van der Waals surface area contributed by atoms with Crippen molar-refractivity contribution in [3.63, 3.8) is 0 Å². The van der Waals surface area contributed by atoms with Crippen LogP contribution in [-0.2, 0) is 4.79 Å². The zero-order valence-electron chi connectivity index (χ0n) is 14.6. The van der Waals surface area contributed by atoms with Crippen LogP contribution < -0.4 is 10.3 Å². The normalized spacial score (nSPS) is 30.6. The minimum absolute atomic E-state index is 0.00802. The van der Waals surface area contributed by atoms with Gasteiger partial charge in [-0.25, -0.2) is 0 Å². The van der Waals surface area contributed by atoms with E-state index in [9.17, 15) is 9.59 Å². The van der Waals surface area contributed by atoms with Crippen molar-refractivity contribution in [1.82, 2.24) is 9.47 Å². The maximum atomic E-state index is 12.6. The number of nitrogens with zero attached hydrogens (tertiary/aromatic N) is 2. The molecule has 3 unspecified atom stereocenters. The lowest BCUT2D eigenvalue weighted by molar-refractivity contribution is -0.145. The van der Waals surface area contributed by atoms with E-state index in [2.05, 4.69) is 12.2 Å². The number of likely N-dealkylation sites (tertiary alicyclic amines) is 1. The number of aromatic nitrogens is 1. The topological polar surface area (TPSA) is 51.5 Å². The van der Waals surface area contributed by atoms with E-state index in [0.29, 0.717) is 36.7 Å². The number of allylic oxidation sites excluding steroid dienone is 2. The molecule has 5 rings (SSSR count). The van der Waals surface area contributed by atoms with E-state index < -0.39 is 0 Å². The molecule has 1 aromatic heterocycles. The van der Waals surface area contributed by atoms with E-state index in [1.165, 1.54) is 0 Å². The van der Waals surface area contributed by atoms with Gasteiger partial charge >= 0.3 is 0 Å². The first-order chi connectivity index (χ1) is 12.1. The Kier molecular flexibility index (Phi) is 3.34. The van der Waals surface area contributed by atoms with Crippen LogP contribution in [0.5, 0.6) is 5.75 Å². The van der Waals surface area contributed by atoms with E-state index in [4.69, 9.17) is 4.74 Å². The van der Waals surface area contributed by atoms with Crippen molar-refractivity contribution in [3.05, 3.63) is 40.3 Å². The Bertz CT molecular complexity index is 802. The molecule has 0 spiro atoms. The number of hydrogen-bond donors (Lipinski definition) is 0. The second-order valence-corrected chi connectivity index (χ2v) is 8.14. The quantitative estimate of drug-likeness (QED) is 0.790. The average Bonchev–Trinajstić information content (AvgIpc) is 3.13. The third-order valence-electron chi connectivity index (χ3n) is 6.20. The van der Waals surface area contributed by atoms with Crippen molar-refractivity contribution < 1.29 is 9.53 Å². The minimum Gasteiger partial charge on any atom is -0.486 e. The molecule has 0 N–H and O–H groups in total. The summed E-state index contributed by atoms with van der Waals surface area (Å²) in [5.41, 5.74) is 0.990. The number of hydrogen-bond acceptors (Lipinski definition) is 3. The maximum absolute atomic E-state index is 12.6. The molecule has 1 aliphatic heterocycles. The Labute approximate surface area is 147 Å². The van der Waals surface area contributed by atoms with Gasteiger partial charge in [-0.1, -0.05) is 12.2 Å². The highest BCUT2D eigenvalue weighted by Crippen LogP contribution is 2.44. The van der Waals surface area contributed by atoms with Gasteiger partial charge in [0.05, 0.1) is 13.1 Å². The lowest BCUT2D eigenvalue weighted by atomic mass is 9.91. The van der Waals surface area contributed by atoms with E-state index in [1.807, 2.05) is 22.5 Å². The second kappa shape index (κ2) is 5.48. The van der Waals surface area contributed by atoms with Crippen molar-refractivity contribution >= 4 is 5.91 Å². The van der Waals surface area contributed by atoms with Crippen LogP contribution in [-0.4, -0.2) is 34.6 Å². The molecule has 2 bridgehead atoms. The Morgan fingerprint density at radius 3 is 2.56 bits per heavy atom. The summed E-state index contributed by atoms with van der Waals surface area (Å²) >= 11 is 0. The molecule has 132 valence electrons. The van der Waals surface area contributed by atoms with E-state index in [0.717, 1.165) is 31.4 Å². The van der Waals surface area contributed by atoms with Crippen molar-refractivity contribution in [2.45, 2.75) is 44.8 Å². The van der Waals surface area contributed by atoms with Gasteiger partial charge in [0.2, 0.25) is 5.91 Å². The smallest absolute Gasteiger partial charge is 0.254 e. The van der Waals surface area contributed by atoms with E-state index >= 15 is 0 Å². The van der Waals surface area contributed by atoms with Crippen LogP contribution in [0.2, 0.25) is 0 Å². The summed E-state index contributed by atoms with van der Waals surface area (Å²) in [7, 11) is 0. The van der Waals surface area contributed by atoms with Crippen LogP contribution in [0.25, 0.3) is 0 Å². The zero-order chi connectivity index (χ0) is 17.1. The van der Waals surface area contributed by atoms with Crippen molar-refractivity contribution in [1.29, 1.82) is 0 Å². The van der Waals surface area contributed by atoms with E-state index in [1.54, 1.807) is 6.07 Å². The van der Waals surface area contributed by atoms with Crippen LogP contribution in [0.1, 0.15) is 37.4 Å². The number of aryl methyl sites for hydroxylation is 1. The zero-order valence-corrected chi connectivity index (χ0v) is 14.6. The fourth-order valence-electron chi connectivity index (χ4n) is 4.74. The van der Waals surface area contributed by atoms with Gasteiger partial charge in [0, 0.05) is 23.7 Å². The number of fused-ring (bicyclic) bond motifs is 2. The summed E-state index contributed by atoms with van der Waals surface area (Å²) in [6, 6.07) is 3.93. The van der Waals surface area contributed by atoms with Crippen molar-refractivity contribution in [2.75, 3.05) is 13.1 Å². The summed E-state index contributed by atoms with van der Waals surface area (Å²) < 4.78 is 7.82. The third-order valence-corrected chi connectivity index (χ3v) is 6.20. The summed E-state index contributed by atoms with van der Waals surface area (Å²) in [6.07, 6.45) is 8.86. The molecule has 0 aromatic carbocycles. The molecular formula is C20H24N2O3. The maximum Gasteiger partial charge on any atom is 0.254 e. The standard InChI is InChI=1S/C20H24N2O3/c1-12-6-16(9-19(23)22(12)15-4-5-15)25-17-10-21(11-17)20(24)18-8-13-2-3-14(18)7-13/h2-3,6,9,13-15,17-18H,4-5,7-8,10-11H2,1H3. The Morgan fingerprint density at radius 1 is 1.16 bits per heavy atom. The Hall–Kier alpha value is -2.04. The van der Waals surface area contributed by atoms with Gasteiger partial charge in [-0.3, -0.25) is 9.59 Å². The largest absolute Gasteiger partial charge is 0.486 e. The van der Waals surface area contributed by atoms with Gasteiger partial charge in [-0.15, -0.1) is 0 Å². The predicted molar refractivity (Wildman–Crippen MR) is 93.6 cm³/mol. The molecular weight excluding hydrogens is 316 g/mol. The fraction of sp³-hybridized carbons (Fsp3) is 0.600. The lowest BCUT2D eigenvalue weighted by Crippen LogP contribution is -2.58. The summed E-state index contributed by atoms with van der Waals surface area (Å²) in [6.45, 7) is 3.24. The molecule has 1 saturated heterocycles. The minimum atomic E-state index is 0.00802. The number of ether oxygens (including phenoxy) is 1. The number of rotatable bonds is 4. The molecule has 3 atom stereocenters. The highest BCUT2D eigenvalue weighted by molar-refractivity contribution is 5.81. The van der Waals surface area contributed by atoms with Gasteiger partial charge < -0.3 is 14.2 Å². The molecule has 2 saturated carbocycles. The molecule has 2 heterocycles. The third kappa shape index (κ3) is 2.60. The first-order valence-electron chi connectivity index (χ1n) is 9.45. The first-order valence-corrected chi connectivity index (χ1v) is 9.45. The molecule has 3 fully saturated rings. The Morgan fingerprint density at radius 2 is 1.96 bits per heavy atom. The monoisotopic (exact) mass is 340 g/mol. The Balaban J connectivity index is 1.20. The molecule has 25 heavy (non-hydrogen) atoms. The summed E-state index contributed by atoms with van der Waals surface area (Å²) in [5.74, 6) is 2.18. The van der Waals surface area contributed by atoms with Crippen molar-refractivity contribution in [2.24, 2.45) is 17.8 Å².